The van der Waals surface area contributed by atoms with Gasteiger partial charge in [0.1, 0.15) is 6.61 Å². The zero-order chi connectivity index (χ0) is 26.5. The molecule has 0 bridgehead atoms. The Morgan fingerprint density at radius 2 is 1.43 bits per heavy atom. The van der Waals surface area contributed by atoms with E-state index < -0.39 is 24.0 Å². The van der Waals surface area contributed by atoms with Crippen molar-refractivity contribution in [3.05, 3.63) is 77.4 Å². The number of fused-ring (bicyclic) bond motifs is 3. The zero-order valence-electron chi connectivity index (χ0n) is 21.3. The Bertz CT molecular complexity index is 1220. The van der Waals surface area contributed by atoms with Gasteiger partial charge in [0.2, 0.25) is 5.75 Å². The van der Waals surface area contributed by atoms with Crippen molar-refractivity contribution in [3.8, 4) is 28.4 Å². The number of nitrogens with one attached hydrogen (secondary N) is 1. The smallest absolute Gasteiger partial charge is 0.407 e. The van der Waals surface area contributed by atoms with Gasteiger partial charge in [-0.2, -0.15) is 0 Å². The van der Waals surface area contributed by atoms with Gasteiger partial charge >= 0.3 is 12.1 Å². The minimum atomic E-state index is -1.04. The standard InChI is InChI=1S/C29H31NO7/c1-17(23(28(31)32)13-18-14-25(34-2)27(36-4)26(15-18)35-3)30-29(33)37-16-24-21-11-7-5-9-19(21)20-10-6-8-12-22(20)24/h5-12,14-15,17,23-24H,13,16H2,1-4H3,(H,30,33)(H,31,32)/t17-,23+/m1/s1. The third kappa shape index (κ3) is 5.33. The van der Waals surface area contributed by atoms with Gasteiger partial charge in [-0.25, -0.2) is 4.79 Å². The van der Waals surface area contributed by atoms with Gasteiger partial charge in [-0.1, -0.05) is 48.5 Å². The topological polar surface area (TPSA) is 103 Å². The number of ether oxygens (including phenoxy) is 4. The molecular weight excluding hydrogens is 474 g/mol. The van der Waals surface area contributed by atoms with Crippen molar-refractivity contribution in [2.24, 2.45) is 5.92 Å². The van der Waals surface area contributed by atoms with E-state index in [0.29, 0.717) is 22.8 Å². The normalized spacial score (nSPS) is 13.6. The molecule has 0 aromatic heterocycles. The van der Waals surface area contributed by atoms with E-state index in [9.17, 15) is 14.7 Å². The van der Waals surface area contributed by atoms with Crippen molar-refractivity contribution in [2.45, 2.75) is 25.3 Å². The summed E-state index contributed by atoms with van der Waals surface area (Å²) < 4.78 is 21.7. The lowest BCUT2D eigenvalue weighted by atomic mass is 9.92. The summed E-state index contributed by atoms with van der Waals surface area (Å²) in [6, 6.07) is 18.9. The summed E-state index contributed by atoms with van der Waals surface area (Å²) in [5.74, 6) is -0.756. The van der Waals surface area contributed by atoms with E-state index >= 15 is 0 Å². The van der Waals surface area contributed by atoms with Crippen LogP contribution in [0.1, 0.15) is 29.5 Å². The lowest BCUT2D eigenvalue weighted by Gasteiger charge is -2.23. The molecule has 2 atom stereocenters. The van der Waals surface area contributed by atoms with Crippen LogP contribution in [0.15, 0.2) is 60.7 Å². The molecule has 194 valence electrons. The molecule has 2 N–H and O–H groups in total. The highest BCUT2D eigenvalue weighted by Gasteiger charge is 2.31. The number of alkyl carbamates (subject to hydrolysis) is 1. The van der Waals surface area contributed by atoms with E-state index in [2.05, 4.69) is 17.4 Å². The molecule has 0 unspecified atom stereocenters. The zero-order valence-corrected chi connectivity index (χ0v) is 21.3. The molecule has 0 radical (unpaired) electrons. The van der Waals surface area contributed by atoms with Crippen LogP contribution in [-0.2, 0) is 16.0 Å². The molecular formula is C29H31NO7. The number of carboxylic acids is 1. The molecule has 4 rings (SSSR count). The monoisotopic (exact) mass is 505 g/mol. The first-order valence-corrected chi connectivity index (χ1v) is 12.0. The highest BCUT2D eigenvalue weighted by atomic mass is 16.5. The Labute approximate surface area is 216 Å². The molecule has 37 heavy (non-hydrogen) atoms. The molecule has 8 heteroatoms. The quantitative estimate of drug-likeness (QED) is 0.405. The van der Waals surface area contributed by atoms with Crippen LogP contribution < -0.4 is 19.5 Å². The highest BCUT2D eigenvalue weighted by molar-refractivity contribution is 5.79. The Kier molecular flexibility index (Phi) is 7.86. The number of hydrogen-bond donors (Lipinski definition) is 2. The molecule has 0 saturated carbocycles. The van der Waals surface area contributed by atoms with Crippen molar-refractivity contribution in [1.29, 1.82) is 0 Å². The first-order valence-electron chi connectivity index (χ1n) is 12.0. The molecule has 1 amide bonds. The number of carbonyl (C=O) groups is 2. The summed E-state index contributed by atoms with van der Waals surface area (Å²) in [6.07, 6.45) is -0.526. The second-order valence-corrected chi connectivity index (χ2v) is 8.94. The van der Waals surface area contributed by atoms with Gasteiger partial charge in [0, 0.05) is 12.0 Å². The summed E-state index contributed by atoms with van der Waals surface area (Å²) in [6.45, 7) is 1.80. The van der Waals surface area contributed by atoms with Gasteiger partial charge in [0.05, 0.1) is 27.2 Å². The number of amides is 1. The van der Waals surface area contributed by atoms with E-state index in [1.165, 1.54) is 21.3 Å². The molecule has 3 aromatic rings. The lowest BCUT2D eigenvalue weighted by molar-refractivity contribution is -0.142. The largest absolute Gasteiger partial charge is 0.493 e. The van der Waals surface area contributed by atoms with Gasteiger partial charge < -0.3 is 29.4 Å². The lowest BCUT2D eigenvalue weighted by Crippen LogP contribution is -2.42. The van der Waals surface area contributed by atoms with Gasteiger partial charge in [-0.15, -0.1) is 0 Å². The summed E-state index contributed by atoms with van der Waals surface area (Å²) in [7, 11) is 4.49. The van der Waals surface area contributed by atoms with Crippen molar-refractivity contribution < 1.29 is 33.6 Å². The fourth-order valence-corrected chi connectivity index (χ4v) is 4.91. The average Bonchev–Trinajstić information content (AvgIpc) is 3.23. The molecule has 0 heterocycles. The first-order chi connectivity index (χ1) is 17.9. The predicted molar refractivity (Wildman–Crippen MR) is 139 cm³/mol. The van der Waals surface area contributed by atoms with Crippen LogP contribution in [-0.4, -0.2) is 51.1 Å². The number of carboxylic acid groups (broad SMARTS) is 1. The molecule has 0 saturated heterocycles. The number of carbonyl (C=O) groups excluding carboxylic acids is 1. The fourth-order valence-electron chi connectivity index (χ4n) is 4.91. The molecule has 1 aliphatic rings. The van der Waals surface area contributed by atoms with Gasteiger partial charge in [-0.3, -0.25) is 4.79 Å². The Hall–Kier alpha value is -4.20. The minimum absolute atomic E-state index is 0.0806. The SMILES string of the molecule is COc1cc(C[C@H](C(=O)O)[C@@H](C)NC(=O)OCC2c3ccccc3-c3ccccc32)cc(OC)c1OC. The summed E-state index contributed by atoms with van der Waals surface area (Å²) in [5.41, 5.74) is 5.15. The van der Waals surface area contributed by atoms with Crippen molar-refractivity contribution in [3.63, 3.8) is 0 Å². The number of rotatable bonds is 10. The molecule has 0 spiro atoms. The van der Waals surface area contributed by atoms with Crippen LogP contribution >= 0.6 is 0 Å². The van der Waals surface area contributed by atoms with Gasteiger partial charge in [0.25, 0.3) is 0 Å². The van der Waals surface area contributed by atoms with Gasteiger partial charge in [0.15, 0.2) is 11.5 Å². The van der Waals surface area contributed by atoms with E-state index in [-0.39, 0.29) is 18.9 Å². The van der Waals surface area contributed by atoms with Crippen molar-refractivity contribution in [1.82, 2.24) is 5.32 Å². The van der Waals surface area contributed by atoms with Crippen LogP contribution in [0.2, 0.25) is 0 Å². The fraction of sp³-hybridized carbons (Fsp3) is 0.310. The number of hydrogen-bond acceptors (Lipinski definition) is 6. The molecule has 8 nitrogen and oxygen atoms in total. The van der Waals surface area contributed by atoms with Gasteiger partial charge in [-0.05, 0) is 53.3 Å². The number of methoxy groups -OCH3 is 3. The van der Waals surface area contributed by atoms with E-state index in [4.69, 9.17) is 18.9 Å². The number of aliphatic carboxylic acids is 1. The Morgan fingerprint density at radius 1 is 0.892 bits per heavy atom. The average molecular weight is 506 g/mol. The third-order valence-corrected chi connectivity index (χ3v) is 6.79. The molecule has 3 aromatic carbocycles. The first kappa shape index (κ1) is 25.9. The van der Waals surface area contributed by atoms with Crippen molar-refractivity contribution in [2.75, 3.05) is 27.9 Å². The van der Waals surface area contributed by atoms with Crippen LogP contribution in [0.3, 0.4) is 0 Å². The second kappa shape index (κ2) is 11.2. The third-order valence-electron chi connectivity index (χ3n) is 6.79. The second-order valence-electron chi connectivity index (χ2n) is 8.94. The predicted octanol–water partition coefficient (Wildman–Crippen LogP) is 4.88. The summed E-state index contributed by atoms with van der Waals surface area (Å²) >= 11 is 0. The maximum atomic E-state index is 12.7. The van der Waals surface area contributed by atoms with E-state index in [1.807, 2.05) is 36.4 Å². The Morgan fingerprint density at radius 3 is 1.92 bits per heavy atom. The van der Waals surface area contributed by atoms with Crippen molar-refractivity contribution >= 4 is 12.1 Å². The van der Waals surface area contributed by atoms with Crippen LogP contribution in [0.4, 0.5) is 4.79 Å². The van der Waals surface area contributed by atoms with Crippen LogP contribution in [0, 0.1) is 5.92 Å². The van der Waals surface area contributed by atoms with E-state index in [0.717, 1.165) is 22.3 Å². The summed E-state index contributed by atoms with van der Waals surface area (Å²) in [4.78, 5) is 24.8. The Balaban J connectivity index is 1.43. The highest BCUT2D eigenvalue weighted by Crippen LogP contribution is 2.44. The maximum Gasteiger partial charge on any atom is 0.407 e. The van der Waals surface area contributed by atoms with Crippen LogP contribution in [0.25, 0.3) is 11.1 Å². The minimum Gasteiger partial charge on any atom is -0.493 e. The summed E-state index contributed by atoms with van der Waals surface area (Å²) in [5, 5.41) is 12.6. The molecule has 1 aliphatic carbocycles. The van der Waals surface area contributed by atoms with Crippen LogP contribution in [0.5, 0.6) is 17.2 Å². The maximum absolute atomic E-state index is 12.7. The molecule has 0 fully saturated rings. The molecule has 0 aliphatic heterocycles. The van der Waals surface area contributed by atoms with E-state index in [1.54, 1.807) is 19.1 Å². The number of benzene rings is 3.